The third kappa shape index (κ3) is 10.8. The summed E-state index contributed by atoms with van der Waals surface area (Å²) in [4.78, 5) is 75.7. The second kappa shape index (κ2) is 17.8. The van der Waals surface area contributed by atoms with Gasteiger partial charge < -0.3 is 29.9 Å². The molecule has 0 radical (unpaired) electrons. The Morgan fingerprint density at radius 2 is 1.71 bits per heavy atom. The van der Waals surface area contributed by atoms with Crippen LogP contribution in [0.2, 0.25) is 0 Å². The first-order valence-corrected chi connectivity index (χ1v) is 23.0. The molecule has 0 spiro atoms. The van der Waals surface area contributed by atoms with Crippen molar-refractivity contribution in [2.24, 2.45) is 5.92 Å². The maximum absolute atomic E-state index is 14.6. The van der Waals surface area contributed by atoms with Gasteiger partial charge in [-0.15, -0.1) is 0 Å². The van der Waals surface area contributed by atoms with Gasteiger partial charge in [-0.3, -0.25) is 19.3 Å². The normalized spacial score (nSPS) is 29.4. The summed E-state index contributed by atoms with van der Waals surface area (Å²) in [5, 5.41) is 5.59. The molecule has 4 N–H and O–H groups in total. The van der Waals surface area contributed by atoms with Crippen molar-refractivity contribution >= 4 is 40.1 Å². The van der Waals surface area contributed by atoms with Gasteiger partial charge >= 0.3 is 22.4 Å². The first kappa shape index (κ1) is 42.9. The van der Waals surface area contributed by atoms with E-state index in [0.717, 1.165) is 44.3 Å². The number of carbonyl (C=O) groups is 5. The molecule has 0 bridgehead atoms. The van der Waals surface area contributed by atoms with Gasteiger partial charge in [-0.25, -0.2) is 14.3 Å². The highest BCUT2D eigenvalue weighted by Gasteiger charge is 2.62. The van der Waals surface area contributed by atoms with Gasteiger partial charge in [0.25, 0.3) is 5.91 Å². The molecule has 2 saturated heterocycles. The van der Waals surface area contributed by atoms with Crippen LogP contribution in [0.5, 0.6) is 0 Å². The van der Waals surface area contributed by atoms with Crippen molar-refractivity contribution in [1.29, 1.82) is 0 Å². The van der Waals surface area contributed by atoms with E-state index in [1.807, 2.05) is 24.3 Å². The van der Waals surface area contributed by atoms with E-state index in [9.17, 15) is 32.4 Å². The summed E-state index contributed by atoms with van der Waals surface area (Å²) in [5.41, 5.74) is -0.130. The standard InChI is InChI=1S/C42H61N7O9S/c1-41(2,3)58-39(53)43-33-17-9-6-4-5-8-15-29-25-42(29,38(52)46-59(55,56)45-30-18-19-30)44-36(50)34-24-31(26-49(34)37(33)51)57-40(54)48-23-20-28-14-10-11-16-32(28)35(48)27-47-21-12-7-13-22-47/h8,10-11,14-16,29-31,33-35,45H,4-7,9,12-13,17-27H2,1-3H3,(H,43,53)(H,44,50)(H,46,52)/t29-,31-,33+,34+,35?,42-/m1/s1. The lowest BCUT2D eigenvalue weighted by molar-refractivity contribution is -0.141. The van der Waals surface area contributed by atoms with E-state index in [1.165, 1.54) is 16.9 Å². The first-order chi connectivity index (χ1) is 28.1. The number of hydrogen-bond acceptors (Lipinski definition) is 10. The summed E-state index contributed by atoms with van der Waals surface area (Å²) >= 11 is 0. The molecule has 17 heteroatoms. The smallest absolute Gasteiger partial charge is 0.410 e. The number of fused-ring (bicyclic) bond motifs is 3. The summed E-state index contributed by atoms with van der Waals surface area (Å²) in [6.45, 7) is 8.06. The number of alkyl carbamates (subject to hydrolysis) is 1. The number of ether oxygens (including phenoxy) is 2. The average Bonchev–Trinajstić information content (AvgIpc) is 4.08. The molecule has 324 valence electrons. The predicted molar refractivity (Wildman–Crippen MR) is 218 cm³/mol. The lowest BCUT2D eigenvalue weighted by Gasteiger charge is -2.40. The second-order valence-electron chi connectivity index (χ2n) is 18.1. The van der Waals surface area contributed by atoms with E-state index in [-0.39, 0.29) is 37.9 Å². The number of likely N-dealkylation sites (tertiary alicyclic amines) is 1. The molecule has 7 rings (SSSR count). The topological polar surface area (TPSA) is 196 Å². The zero-order valence-electron chi connectivity index (χ0n) is 34.6. The minimum absolute atomic E-state index is 0.0660. The van der Waals surface area contributed by atoms with Crippen LogP contribution < -0.4 is 20.1 Å². The number of nitrogens with zero attached hydrogens (tertiary/aromatic N) is 3. The lowest BCUT2D eigenvalue weighted by atomic mass is 9.92. The van der Waals surface area contributed by atoms with Crippen LogP contribution in [0.1, 0.15) is 115 Å². The van der Waals surface area contributed by atoms with E-state index in [0.29, 0.717) is 45.2 Å². The maximum atomic E-state index is 14.6. The van der Waals surface area contributed by atoms with Crippen LogP contribution in [0.4, 0.5) is 9.59 Å². The fraction of sp³-hybridized carbons (Fsp3) is 0.690. The Morgan fingerprint density at radius 1 is 0.966 bits per heavy atom. The SMILES string of the molecule is CC(C)(C)OC(=O)N[C@H]1CCCCCC=C[C@@H]2C[C@@]2(C(=O)NS(=O)(=O)NC2CC2)NC(=O)[C@@H]2C[C@@H](OC(=O)N3CCc4ccccc4C3CN3CCCCC3)CN2C1=O. The minimum Gasteiger partial charge on any atom is -0.444 e. The molecular weight excluding hydrogens is 779 g/mol. The van der Waals surface area contributed by atoms with Crippen LogP contribution in [-0.2, 0) is 40.5 Å². The third-order valence-electron chi connectivity index (χ3n) is 12.3. The van der Waals surface area contributed by atoms with Gasteiger partial charge in [0.15, 0.2) is 0 Å². The van der Waals surface area contributed by atoms with Crippen molar-refractivity contribution in [1.82, 2.24) is 34.8 Å². The Kier molecular flexibility index (Phi) is 12.9. The van der Waals surface area contributed by atoms with E-state index in [1.54, 1.807) is 25.7 Å². The Labute approximate surface area is 347 Å². The molecule has 1 unspecified atom stereocenters. The molecule has 16 nitrogen and oxygen atoms in total. The zero-order chi connectivity index (χ0) is 42.0. The Bertz CT molecular complexity index is 1890. The summed E-state index contributed by atoms with van der Waals surface area (Å²) in [6, 6.07) is 5.43. The molecule has 4 heterocycles. The number of amides is 5. The van der Waals surface area contributed by atoms with Crippen molar-refractivity contribution < 1.29 is 41.9 Å². The number of allylic oxidation sites excluding steroid dienone is 1. The average molecular weight is 840 g/mol. The summed E-state index contributed by atoms with van der Waals surface area (Å²) < 4.78 is 42.1. The molecule has 5 amide bonds. The molecule has 2 aliphatic carbocycles. The van der Waals surface area contributed by atoms with Crippen LogP contribution in [-0.4, -0.2) is 121 Å². The molecule has 6 aliphatic rings. The molecule has 0 aromatic heterocycles. The van der Waals surface area contributed by atoms with E-state index < -0.39 is 75.4 Å². The van der Waals surface area contributed by atoms with Crippen LogP contribution in [0.15, 0.2) is 36.4 Å². The van der Waals surface area contributed by atoms with Gasteiger partial charge in [-0.2, -0.15) is 13.1 Å². The van der Waals surface area contributed by atoms with E-state index in [4.69, 9.17) is 9.47 Å². The van der Waals surface area contributed by atoms with Crippen molar-refractivity contribution in [2.45, 2.75) is 146 Å². The number of hydrogen-bond donors (Lipinski definition) is 4. The summed E-state index contributed by atoms with van der Waals surface area (Å²) in [5.74, 6) is -2.57. The van der Waals surface area contributed by atoms with E-state index in [2.05, 4.69) is 37.1 Å². The Morgan fingerprint density at radius 3 is 2.46 bits per heavy atom. The highest BCUT2D eigenvalue weighted by molar-refractivity contribution is 7.88. The molecule has 1 aromatic rings. The van der Waals surface area contributed by atoms with Crippen LogP contribution >= 0.6 is 0 Å². The predicted octanol–water partition coefficient (Wildman–Crippen LogP) is 3.58. The second-order valence-corrected chi connectivity index (χ2v) is 19.6. The summed E-state index contributed by atoms with van der Waals surface area (Å²) in [7, 11) is -4.19. The first-order valence-electron chi connectivity index (χ1n) is 21.5. The van der Waals surface area contributed by atoms with Crippen molar-refractivity contribution in [3.05, 3.63) is 47.5 Å². The number of piperidine rings is 1. The molecular formula is C42H61N7O9S. The van der Waals surface area contributed by atoms with Crippen LogP contribution in [0.25, 0.3) is 0 Å². The van der Waals surface area contributed by atoms with E-state index >= 15 is 0 Å². The molecule has 1 aromatic carbocycles. The highest BCUT2D eigenvalue weighted by Crippen LogP contribution is 2.46. The van der Waals surface area contributed by atoms with Gasteiger partial charge in [0.05, 0.1) is 12.6 Å². The quantitative estimate of drug-likeness (QED) is 0.281. The largest absolute Gasteiger partial charge is 0.444 e. The van der Waals surface area contributed by atoms with Crippen LogP contribution in [0.3, 0.4) is 0 Å². The number of carbonyl (C=O) groups excluding carboxylic acids is 5. The molecule has 2 saturated carbocycles. The van der Waals surface area contributed by atoms with Crippen molar-refractivity contribution in [2.75, 3.05) is 32.7 Å². The number of benzene rings is 1. The molecule has 59 heavy (non-hydrogen) atoms. The van der Waals surface area contributed by atoms with Gasteiger partial charge in [0, 0.05) is 31.5 Å². The molecule has 6 atom stereocenters. The van der Waals surface area contributed by atoms with Crippen molar-refractivity contribution in [3.63, 3.8) is 0 Å². The third-order valence-corrected chi connectivity index (χ3v) is 13.4. The van der Waals surface area contributed by atoms with Gasteiger partial charge in [-0.1, -0.05) is 55.7 Å². The van der Waals surface area contributed by atoms with Gasteiger partial charge in [0.1, 0.15) is 29.3 Å². The Hall–Kier alpha value is -4.22. The van der Waals surface area contributed by atoms with Crippen LogP contribution in [0, 0.1) is 5.92 Å². The van der Waals surface area contributed by atoms with Gasteiger partial charge in [-0.05, 0) is 103 Å². The number of nitrogens with one attached hydrogen (secondary N) is 4. The number of rotatable bonds is 8. The monoisotopic (exact) mass is 839 g/mol. The maximum Gasteiger partial charge on any atom is 0.410 e. The zero-order valence-corrected chi connectivity index (χ0v) is 35.4. The van der Waals surface area contributed by atoms with Gasteiger partial charge in [0.2, 0.25) is 11.8 Å². The lowest BCUT2D eigenvalue weighted by Crippen LogP contribution is -2.59. The minimum atomic E-state index is -4.19. The molecule has 4 aliphatic heterocycles. The fourth-order valence-electron chi connectivity index (χ4n) is 8.94. The molecule has 4 fully saturated rings. The Balaban J connectivity index is 1.14. The van der Waals surface area contributed by atoms with Crippen molar-refractivity contribution in [3.8, 4) is 0 Å². The summed E-state index contributed by atoms with van der Waals surface area (Å²) in [6.07, 6.45) is 10.1. The fourth-order valence-corrected chi connectivity index (χ4v) is 10.1. The highest BCUT2D eigenvalue weighted by atomic mass is 32.2.